The molecule has 2 N–H and O–H groups in total. The molecule has 7 aromatic rings. The molecular formula is C43H31N7. The highest BCUT2D eigenvalue weighted by Gasteiger charge is 2.21. The number of aliphatic imine (C=N–C) groups is 2. The van der Waals surface area contributed by atoms with Crippen LogP contribution in [0.1, 0.15) is 34.6 Å². The minimum Gasteiger partial charge on any atom is -0.366 e. The zero-order valence-corrected chi connectivity index (χ0v) is 27.0. The van der Waals surface area contributed by atoms with Crippen LogP contribution in [0.4, 0.5) is 0 Å². The quantitative estimate of drug-likeness (QED) is 0.176. The number of hydrogen-bond donors (Lipinski definition) is 2. The maximum atomic E-state index is 5.28. The number of nitrogens with one attached hydrogen (secondary N) is 2. The molecule has 9 rings (SSSR count). The first-order valence-corrected chi connectivity index (χ1v) is 16.6. The Morgan fingerprint density at radius 1 is 0.500 bits per heavy atom. The number of aromatic nitrogens is 3. The lowest BCUT2D eigenvalue weighted by molar-refractivity contribution is 0.636. The van der Waals surface area contributed by atoms with Crippen molar-refractivity contribution in [2.75, 3.05) is 0 Å². The number of rotatable bonds is 6. The molecule has 2 aliphatic rings. The van der Waals surface area contributed by atoms with Gasteiger partial charge in [-0.15, -0.1) is 0 Å². The summed E-state index contributed by atoms with van der Waals surface area (Å²) in [6.45, 7) is 0. The lowest BCUT2D eigenvalue weighted by Gasteiger charge is -2.23. The predicted octanol–water partition coefficient (Wildman–Crippen LogP) is 8.94. The number of pyridine rings is 1. The molecule has 2 aromatic heterocycles. The molecule has 2 atom stereocenters. The summed E-state index contributed by atoms with van der Waals surface area (Å²) in [5.41, 5.74) is 9.82. The van der Waals surface area contributed by atoms with Crippen molar-refractivity contribution < 1.29 is 0 Å². The van der Waals surface area contributed by atoms with Crippen LogP contribution >= 0.6 is 0 Å². The van der Waals surface area contributed by atoms with Crippen LogP contribution in [-0.4, -0.2) is 27.4 Å². The van der Waals surface area contributed by atoms with E-state index in [1.54, 1.807) is 6.20 Å². The van der Waals surface area contributed by atoms with Gasteiger partial charge < -0.3 is 10.6 Å². The maximum absolute atomic E-state index is 5.28. The lowest BCUT2D eigenvalue weighted by Crippen LogP contribution is -2.21. The molecule has 7 heteroatoms. The molecule has 0 radical (unpaired) electrons. The van der Waals surface area contributed by atoms with E-state index in [9.17, 15) is 0 Å². The second-order valence-corrected chi connectivity index (χ2v) is 12.3. The second kappa shape index (κ2) is 12.7. The first-order valence-electron chi connectivity index (χ1n) is 16.6. The van der Waals surface area contributed by atoms with Crippen LogP contribution in [0.2, 0.25) is 0 Å². The van der Waals surface area contributed by atoms with Crippen molar-refractivity contribution in [3.8, 4) is 22.6 Å². The molecule has 2 unspecified atom stereocenters. The monoisotopic (exact) mass is 645 g/mol. The summed E-state index contributed by atoms with van der Waals surface area (Å²) in [5, 5.41) is 10.3. The van der Waals surface area contributed by atoms with E-state index in [1.807, 2.05) is 79.6 Å². The molecule has 2 aliphatic heterocycles. The van der Waals surface area contributed by atoms with Gasteiger partial charge in [0, 0.05) is 75.8 Å². The van der Waals surface area contributed by atoms with E-state index >= 15 is 0 Å². The van der Waals surface area contributed by atoms with Crippen LogP contribution in [0.3, 0.4) is 0 Å². The van der Waals surface area contributed by atoms with Crippen LogP contribution < -0.4 is 10.6 Å². The van der Waals surface area contributed by atoms with Crippen molar-refractivity contribution in [2.24, 2.45) is 9.98 Å². The average molecular weight is 646 g/mol. The SMILES string of the molecule is C1=NC(c2cc(-c3nc(-c4ccccc4)c4ccc5ccccc5c4n3)cc(C3N=CC(c4cccnc4)=CN3)c2)NC=C1c1ccccc1. The highest BCUT2D eigenvalue weighted by Crippen LogP contribution is 2.36. The Kier molecular flexibility index (Phi) is 7.48. The summed E-state index contributed by atoms with van der Waals surface area (Å²) in [6, 6.07) is 43.7. The highest BCUT2D eigenvalue weighted by atomic mass is 15.1. The molecule has 0 aliphatic carbocycles. The maximum Gasteiger partial charge on any atom is 0.160 e. The van der Waals surface area contributed by atoms with Gasteiger partial charge in [-0.2, -0.15) is 0 Å². The summed E-state index contributed by atoms with van der Waals surface area (Å²) in [5.74, 6) is 0.641. The third kappa shape index (κ3) is 5.61. The standard InChI is InChI=1S/C43H31N7/c1-3-10-28(11-4-1)35-24-45-41(46-25-35)32-20-33(42-47-26-36(27-48-42)31-15-9-19-44-23-31)22-34(21-32)43-49-39(30-13-5-2-6-14-30)38-18-17-29-12-7-8-16-37(29)40(38)50-43/h1-27,41-42,45,47H. The topological polar surface area (TPSA) is 87.5 Å². The molecule has 5 aromatic carbocycles. The van der Waals surface area contributed by atoms with Crippen molar-refractivity contribution in [2.45, 2.75) is 12.3 Å². The Balaban J connectivity index is 1.18. The van der Waals surface area contributed by atoms with Gasteiger partial charge in [0.25, 0.3) is 0 Å². The Bertz CT molecular complexity index is 2400. The minimum atomic E-state index is -0.313. The van der Waals surface area contributed by atoms with E-state index in [-0.39, 0.29) is 12.3 Å². The van der Waals surface area contributed by atoms with Gasteiger partial charge in [0.1, 0.15) is 12.3 Å². The summed E-state index contributed by atoms with van der Waals surface area (Å²) >= 11 is 0. The number of fused-ring (bicyclic) bond motifs is 3. The third-order valence-electron chi connectivity index (χ3n) is 9.13. The van der Waals surface area contributed by atoms with E-state index in [1.165, 1.54) is 0 Å². The van der Waals surface area contributed by atoms with Crippen molar-refractivity contribution in [1.82, 2.24) is 25.6 Å². The highest BCUT2D eigenvalue weighted by molar-refractivity contribution is 6.11. The van der Waals surface area contributed by atoms with Crippen LogP contribution in [0.5, 0.6) is 0 Å². The van der Waals surface area contributed by atoms with Gasteiger partial charge in [0.05, 0.1) is 11.2 Å². The molecular weight excluding hydrogens is 615 g/mol. The molecule has 0 saturated heterocycles. The molecule has 50 heavy (non-hydrogen) atoms. The lowest BCUT2D eigenvalue weighted by atomic mass is 9.98. The molecule has 0 bridgehead atoms. The largest absolute Gasteiger partial charge is 0.366 e. The van der Waals surface area contributed by atoms with E-state index < -0.39 is 0 Å². The van der Waals surface area contributed by atoms with Crippen molar-refractivity contribution >= 4 is 45.3 Å². The average Bonchev–Trinajstić information content (AvgIpc) is 3.21. The fraction of sp³-hybridized carbons (Fsp3) is 0.0465. The first kappa shape index (κ1) is 29.4. The van der Waals surface area contributed by atoms with Crippen LogP contribution in [0.25, 0.3) is 55.5 Å². The molecule has 0 spiro atoms. The Morgan fingerprint density at radius 3 is 1.80 bits per heavy atom. The van der Waals surface area contributed by atoms with Crippen molar-refractivity contribution in [1.29, 1.82) is 0 Å². The zero-order chi connectivity index (χ0) is 33.3. The van der Waals surface area contributed by atoms with Gasteiger partial charge in [0.2, 0.25) is 0 Å². The second-order valence-electron chi connectivity index (χ2n) is 12.3. The van der Waals surface area contributed by atoms with Crippen LogP contribution in [-0.2, 0) is 0 Å². The molecule has 4 heterocycles. The fourth-order valence-corrected chi connectivity index (χ4v) is 6.58. The summed E-state index contributed by atoms with van der Waals surface area (Å²) in [4.78, 5) is 24.7. The summed E-state index contributed by atoms with van der Waals surface area (Å²) < 4.78 is 0. The van der Waals surface area contributed by atoms with Crippen molar-refractivity contribution in [3.05, 3.63) is 174 Å². The minimum absolute atomic E-state index is 0.301. The number of benzene rings is 5. The first-order chi connectivity index (χ1) is 24.8. The Labute approximate surface area is 289 Å². The zero-order valence-electron chi connectivity index (χ0n) is 27.0. The molecule has 0 amide bonds. The van der Waals surface area contributed by atoms with Gasteiger partial charge in [-0.05, 0) is 52.4 Å². The van der Waals surface area contributed by atoms with E-state index in [0.717, 1.165) is 71.9 Å². The normalized spacial score (nSPS) is 16.8. The van der Waals surface area contributed by atoms with Crippen LogP contribution in [0, 0.1) is 0 Å². The Hall–Kier alpha value is -6.73. The molecule has 0 saturated carbocycles. The van der Waals surface area contributed by atoms with Crippen molar-refractivity contribution in [3.63, 3.8) is 0 Å². The smallest absolute Gasteiger partial charge is 0.160 e. The van der Waals surface area contributed by atoms with Gasteiger partial charge in [-0.1, -0.05) is 97.1 Å². The number of hydrogen-bond acceptors (Lipinski definition) is 7. The third-order valence-corrected chi connectivity index (χ3v) is 9.13. The number of allylic oxidation sites excluding steroid dienone is 2. The van der Waals surface area contributed by atoms with Gasteiger partial charge in [-0.25, -0.2) is 9.97 Å². The van der Waals surface area contributed by atoms with E-state index in [2.05, 4.69) is 94.5 Å². The number of nitrogens with zero attached hydrogens (tertiary/aromatic N) is 5. The summed E-state index contributed by atoms with van der Waals surface area (Å²) in [7, 11) is 0. The van der Waals surface area contributed by atoms with E-state index in [4.69, 9.17) is 20.0 Å². The molecule has 238 valence electrons. The van der Waals surface area contributed by atoms with Gasteiger partial charge >= 0.3 is 0 Å². The fourth-order valence-electron chi connectivity index (χ4n) is 6.58. The Morgan fingerprint density at radius 2 is 1.14 bits per heavy atom. The van der Waals surface area contributed by atoms with E-state index in [0.29, 0.717) is 5.82 Å². The molecule has 0 fully saturated rings. The van der Waals surface area contributed by atoms with Gasteiger partial charge in [-0.3, -0.25) is 15.0 Å². The molecule has 7 nitrogen and oxygen atoms in total. The van der Waals surface area contributed by atoms with Gasteiger partial charge in [0.15, 0.2) is 5.82 Å². The van der Waals surface area contributed by atoms with Crippen LogP contribution in [0.15, 0.2) is 162 Å². The summed E-state index contributed by atoms with van der Waals surface area (Å²) in [6.07, 6.45) is 10.9. The predicted molar refractivity (Wildman–Crippen MR) is 203 cm³/mol.